The number of hydrogen-bond donors (Lipinski definition) is 1. The summed E-state index contributed by atoms with van der Waals surface area (Å²) >= 11 is 0. The maximum atomic E-state index is 5.54. The van der Waals surface area contributed by atoms with E-state index in [-0.39, 0.29) is 0 Å². The van der Waals surface area contributed by atoms with Gasteiger partial charge in [-0.05, 0) is 43.6 Å². The zero-order valence-corrected chi connectivity index (χ0v) is 11.5. The maximum absolute atomic E-state index is 5.54. The Morgan fingerprint density at radius 3 is 2.62 bits per heavy atom. The Morgan fingerprint density at radius 2 is 2.12 bits per heavy atom. The summed E-state index contributed by atoms with van der Waals surface area (Å²) in [6.07, 6.45) is 5.22. The lowest BCUT2D eigenvalue weighted by atomic mass is 9.82. The van der Waals surface area contributed by atoms with Crippen LogP contribution in [0.3, 0.4) is 0 Å². The van der Waals surface area contributed by atoms with Crippen LogP contribution < -0.4 is 5.32 Å². The fourth-order valence-corrected chi connectivity index (χ4v) is 2.53. The molecule has 16 heavy (non-hydrogen) atoms. The number of ether oxygens (including phenoxy) is 1. The Balaban J connectivity index is 2.31. The van der Waals surface area contributed by atoms with Gasteiger partial charge in [0, 0.05) is 19.3 Å². The molecule has 1 aliphatic heterocycles. The van der Waals surface area contributed by atoms with E-state index in [4.69, 9.17) is 4.74 Å². The van der Waals surface area contributed by atoms with Crippen LogP contribution in [0.15, 0.2) is 0 Å². The molecule has 0 radical (unpaired) electrons. The van der Waals surface area contributed by atoms with Crippen molar-refractivity contribution in [1.29, 1.82) is 0 Å². The van der Waals surface area contributed by atoms with Gasteiger partial charge in [-0.2, -0.15) is 0 Å². The number of nitrogens with one attached hydrogen (secondary N) is 1. The van der Waals surface area contributed by atoms with Gasteiger partial charge >= 0.3 is 0 Å². The van der Waals surface area contributed by atoms with Crippen LogP contribution in [0.4, 0.5) is 0 Å². The molecule has 1 fully saturated rings. The third-order valence-corrected chi connectivity index (χ3v) is 3.61. The predicted molar refractivity (Wildman–Crippen MR) is 69.7 cm³/mol. The zero-order valence-electron chi connectivity index (χ0n) is 11.5. The molecule has 1 saturated heterocycles. The highest BCUT2D eigenvalue weighted by Crippen LogP contribution is 2.26. The van der Waals surface area contributed by atoms with Gasteiger partial charge in [-0.3, -0.25) is 0 Å². The Kier molecular flexibility index (Phi) is 5.77. The molecule has 0 bridgehead atoms. The quantitative estimate of drug-likeness (QED) is 0.778. The molecule has 1 N–H and O–H groups in total. The summed E-state index contributed by atoms with van der Waals surface area (Å²) in [5.74, 6) is 0.803. The Labute approximate surface area is 101 Å². The second-order valence-electron chi connectivity index (χ2n) is 6.14. The molecule has 2 heteroatoms. The van der Waals surface area contributed by atoms with Crippen molar-refractivity contribution in [2.45, 2.75) is 59.4 Å². The van der Waals surface area contributed by atoms with Crippen LogP contribution in [0.2, 0.25) is 0 Å². The van der Waals surface area contributed by atoms with E-state index >= 15 is 0 Å². The van der Waals surface area contributed by atoms with Crippen LogP contribution in [-0.4, -0.2) is 25.8 Å². The van der Waals surface area contributed by atoms with Crippen molar-refractivity contribution in [2.24, 2.45) is 11.3 Å². The lowest BCUT2D eigenvalue weighted by Gasteiger charge is -2.33. The monoisotopic (exact) mass is 227 g/mol. The average Bonchev–Trinajstić information content (AvgIpc) is 2.24. The van der Waals surface area contributed by atoms with Gasteiger partial charge in [-0.15, -0.1) is 0 Å². The normalized spacial score (nSPS) is 24.4. The van der Waals surface area contributed by atoms with Crippen LogP contribution in [0.5, 0.6) is 0 Å². The molecule has 0 aromatic carbocycles. The molecule has 0 aromatic rings. The molecule has 1 rings (SSSR count). The molecule has 2 unspecified atom stereocenters. The van der Waals surface area contributed by atoms with Gasteiger partial charge in [0.1, 0.15) is 0 Å². The summed E-state index contributed by atoms with van der Waals surface area (Å²) in [6.45, 7) is 12.2. The van der Waals surface area contributed by atoms with E-state index in [1.807, 2.05) is 0 Å². The van der Waals surface area contributed by atoms with E-state index in [2.05, 4.69) is 33.0 Å². The van der Waals surface area contributed by atoms with Crippen LogP contribution in [0, 0.1) is 11.3 Å². The fourth-order valence-electron chi connectivity index (χ4n) is 2.53. The van der Waals surface area contributed by atoms with Crippen LogP contribution in [-0.2, 0) is 4.74 Å². The van der Waals surface area contributed by atoms with Gasteiger partial charge in [-0.1, -0.05) is 27.7 Å². The molecule has 2 atom stereocenters. The molecule has 0 amide bonds. The highest BCUT2D eigenvalue weighted by molar-refractivity contribution is 4.81. The third kappa shape index (κ3) is 4.84. The molecule has 96 valence electrons. The topological polar surface area (TPSA) is 21.3 Å². The van der Waals surface area contributed by atoms with E-state index < -0.39 is 0 Å². The standard InChI is InChI=1S/C14H29NO/c1-5-15-13(14(2,3)4)9-8-12-7-6-10-16-11-12/h12-13,15H,5-11H2,1-4H3. The Bertz CT molecular complexity index is 180. The van der Waals surface area contributed by atoms with Crippen molar-refractivity contribution in [3.05, 3.63) is 0 Å². The first-order chi connectivity index (χ1) is 7.54. The summed E-state index contributed by atoms with van der Waals surface area (Å²) in [7, 11) is 0. The SMILES string of the molecule is CCNC(CCC1CCCOC1)C(C)(C)C. The van der Waals surface area contributed by atoms with Crippen molar-refractivity contribution >= 4 is 0 Å². The smallest absolute Gasteiger partial charge is 0.0494 e. The molecule has 2 nitrogen and oxygen atoms in total. The summed E-state index contributed by atoms with van der Waals surface area (Å²) in [5.41, 5.74) is 0.367. The van der Waals surface area contributed by atoms with Gasteiger partial charge in [-0.25, -0.2) is 0 Å². The van der Waals surface area contributed by atoms with Crippen LogP contribution in [0.1, 0.15) is 53.4 Å². The minimum atomic E-state index is 0.367. The van der Waals surface area contributed by atoms with Gasteiger partial charge in [0.2, 0.25) is 0 Å². The second-order valence-corrected chi connectivity index (χ2v) is 6.14. The number of rotatable bonds is 5. The van der Waals surface area contributed by atoms with Crippen LogP contribution in [0.25, 0.3) is 0 Å². The molecule has 0 aliphatic carbocycles. The molecule has 0 spiro atoms. The van der Waals surface area contributed by atoms with E-state index in [9.17, 15) is 0 Å². The summed E-state index contributed by atoms with van der Waals surface area (Å²) in [6, 6.07) is 0.638. The third-order valence-electron chi connectivity index (χ3n) is 3.61. The predicted octanol–water partition coefficient (Wildman–Crippen LogP) is 3.22. The summed E-state index contributed by atoms with van der Waals surface area (Å²) in [4.78, 5) is 0. The van der Waals surface area contributed by atoms with E-state index in [1.165, 1.54) is 25.7 Å². The van der Waals surface area contributed by atoms with Gasteiger partial charge in [0.25, 0.3) is 0 Å². The average molecular weight is 227 g/mol. The molecule has 1 heterocycles. The minimum Gasteiger partial charge on any atom is -0.381 e. The Hall–Kier alpha value is -0.0800. The summed E-state index contributed by atoms with van der Waals surface area (Å²) < 4.78 is 5.54. The largest absolute Gasteiger partial charge is 0.381 e. The minimum absolute atomic E-state index is 0.367. The van der Waals surface area contributed by atoms with E-state index in [1.54, 1.807) is 0 Å². The fraction of sp³-hybridized carbons (Fsp3) is 1.00. The van der Waals surface area contributed by atoms with E-state index in [0.717, 1.165) is 25.7 Å². The first kappa shape index (κ1) is 14.0. The van der Waals surface area contributed by atoms with E-state index in [0.29, 0.717) is 11.5 Å². The number of hydrogen-bond acceptors (Lipinski definition) is 2. The molecule has 0 saturated carbocycles. The van der Waals surface area contributed by atoms with Crippen LogP contribution >= 0.6 is 0 Å². The van der Waals surface area contributed by atoms with Crippen molar-refractivity contribution in [3.8, 4) is 0 Å². The van der Waals surface area contributed by atoms with Crippen molar-refractivity contribution in [1.82, 2.24) is 5.32 Å². The Morgan fingerprint density at radius 1 is 1.38 bits per heavy atom. The van der Waals surface area contributed by atoms with Crippen molar-refractivity contribution in [3.63, 3.8) is 0 Å². The lowest BCUT2D eigenvalue weighted by Crippen LogP contribution is -2.40. The zero-order chi connectivity index (χ0) is 12.0. The lowest BCUT2D eigenvalue weighted by molar-refractivity contribution is 0.0479. The van der Waals surface area contributed by atoms with Crippen molar-refractivity contribution < 1.29 is 4.74 Å². The van der Waals surface area contributed by atoms with Gasteiger partial charge in [0.15, 0.2) is 0 Å². The molecule has 1 aliphatic rings. The molecule has 0 aromatic heterocycles. The molecular formula is C14H29NO. The highest BCUT2D eigenvalue weighted by Gasteiger charge is 2.25. The maximum Gasteiger partial charge on any atom is 0.0494 e. The first-order valence-corrected chi connectivity index (χ1v) is 6.85. The molecular weight excluding hydrogens is 198 g/mol. The van der Waals surface area contributed by atoms with Crippen molar-refractivity contribution in [2.75, 3.05) is 19.8 Å². The second kappa shape index (κ2) is 6.61. The highest BCUT2D eigenvalue weighted by atomic mass is 16.5. The first-order valence-electron chi connectivity index (χ1n) is 6.85. The van der Waals surface area contributed by atoms with Gasteiger partial charge < -0.3 is 10.1 Å². The summed E-state index contributed by atoms with van der Waals surface area (Å²) in [5, 5.41) is 3.62. The van der Waals surface area contributed by atoms with Gasteiger partial charge in [0.05, 0.1) is 0 Å².